The zero-order valence-corrected chi connectivity index (χ0v) is 10.5. The second kappa shape index (κ2) is 7.37. The van der Waals surface area contributed by atoms with Crippen LogP contribution in [0.2, 0.25) is 0 Å². The number of hydrogen-bond donors (Lipinski definition) is 2. The van der Waals surface area contributed by atoms with Gasteiger partial charge in [-0.25, -0.2) is 0 Å². The molecule has 0 bridgehead atoms. The van der Waals surface area contributed by atoms with Crippen LogP contribution in [0.15, 0.2) is 4.42 Å². The van der Waals surface area contributed by atoms with Crippen molar-refractivity contribution in [3.05, 3.63) is 11.8 Å². The van der Waals surface area contributed by atoms with Gasteiger partial charge in [0.25, 0.3) is 0 Å². The minimum Gasteiger partial charge on any atom is -0.424 e. The molecule has 0 radical (unpaired) electrons. The monoisotopic (exact) mass is 243 g/mol. The van der Waals surface area contributed by atoms with E-state index in [4.69, 9.17) is 14.6 Å². The van der Waals surface area contributed by atoms with Crippen LogP contribution in [-0.2, 0) is 6.54 Å². The predicted molar refractivity (Wildman–Crippen MR) is 62.5 cm³/mol. The van der Waals surface area contributed by atoms with Crippen LogP contribution in [0.25, 0.3) is 0 Å². The van der Waals surface area contributed by atoms with E-state index in [1.165, 1.54) is 0 Å². The van der Waals surface area contributed by atoms with Crippen LogP contribution >= 0.6 is 0 Å². The van der Waals surface area contributed by atoms with Crippen LogP contribution in [0.5, 0.6) is 0 Å². The lowest BCUT2D eigenvalue weighted by Crippen LogP contribution is -2.28. The maximum atomic E-state index is 8.94. The number of aliphatic hydroxyl groups is 2. The van der Waals surface area contributed by atoms with Gasteiger partial charge in [-0.2, -0.15) is 0 Å². The summed E-state index contributed by atoms with van der Waals surface area (Å²) in [5.74, 6) is 1.41. The Morgan fingerprint density at radius 3 is 2.47 bits per heavy atom. The average molecular weight is 243 g/mol. The summed E-state index contributed by atoms with van der Waals surface area (Å²) in [6.07, 6.45) is 0.672. The molecule has 0 unspecified atom stereocenters. The van der Waals surface area contributed by atoms with Gasteiger partial charge in [-0.05, 0) is 6.42 Å². The van der Waals surface area contributed by atoms with Crippen molar-refractivity contribution in [3.8, 4) is 0 Å². The first-order valence-electron chi connectivity index (χ1n) is 5.93. The molecule has 0 fully saturated rings. The second-order valence-electron chi connectivity index (χ2n) is 4.27. The first-order chi connectivity index (χ1) is 8.17. The van der Waals surface area contributed by atoms with Crippen molar-refractivity contribution < 1.29 is 14.6 Å². The fourth-order valence-corrected chi connectivity index (χ4v) is 1.46. The fourth-order valence-electron chi connectivity index (χ4n) is 1.46. The summed E-state index contributed by atoms with van der Waals surface area (Å²) in [6, 6.07) is 0. The molecule has 0 saturated heterocycles. The van der Waals surface area contributed by atoms with Crippen molar-refractivity contribution >= 4 is 0 Å². The highest BCUT2D eigenvalue weighted by Crippen LogP contribution is 2.13. The van der Waals surface area contributed by atoms with E-state index >= 15 is 0 Å². The molecular weight excluding hydrogens is 222 g/mol. The van der Waals surface area contributed by atoms with Crippen molar-refractivity contribution in [2.75, 3.05) is 26.3 Å². The largest absolute Gasteiger partial charge is 0.424 e. The van der Waals surface area contributed by atoms with Gasteiger partial charge in [-0.15, -0.1) is 10.2 Å². The van der Waals surface area contributed by atoms with Crippen LogP contribution < -0.4 is 0 Å². The SMILES string of the molecule is CC(C)c1nnc(CN(CCO)CCCO)o1. The molecule has 0 aliphatic carbocycles. The molecule has 98 valence electrons. The van der Waals surface area contributed by atoms with E-state index in [-0.39, 0.29) is 19.1 Å². The van der Waals surface area contributed by atoms with Gasteiger partial charge in [0.2, 0.25) is 11.8 Å². The molecule has 0 aliphatic heterocycles. The topological polar surface area (TPSA) is 82.6 Å². The molecule has 1 aromatic rings. The number of hydrogen-bond acceptors (Lipinski definition) is 6. The zero-order valence-electron chi connectivity index (χ0n) is 10.5. The molecule has 0 aliphatic rings. The Bertz CT molecular complexity index is 315. The Hall–Kier alpha value is -0.980. The molecule has 6 nitrogen and oxygen atoms in total. The Labute approximate surface area is 101 Å². The molecule has 0 aromatic carbocycles. The van der Waals surface area contributed by atoms with Crippen LogP contribution in [0.4, 0.5) is 0 Å². The second-order valence-corrected chi connectivity index (χ2v) is 4.27. The lowest BCUT2D eigenvalue weighted by atomic mass is 10.2. The van der Waals surface area contributed by atoms with Crippen molar-refractivity contribution in [1.82, 2.24) is 15.1 Å². The third-order valence-corrected chi connectivity index (χ3v) is 2.38. The molecule has 6 heteroatoms. The Balaban J connectivity index is 2.52. The van der Waals surface area contributed by atoms with E-state index in [0.29, 0.717) is 37.8 Å². The molecule has 17 heavy (non-hydrogen) atoms. The van der Waals surface area contributed by atoms with Gasteiger partial charge in [0.15, 0.2) is 0 Å². The van der Waals surface area contributed by atoms with Crippen LogP contribution in [0, 0.1) is 0 Å². The molecule has 1 heterocycles. The molecule has 0 saturated carbocycles. The predicted octanol–water partition coefficient (Wildman–Crippen LogP) is 0.370. The number of rotatable bonds is 8. The average Bonchev–Trinajstić information content (AvgIpc) is 2.75. The summed E-state index contributed by atoms with van der Waals surface area (Å²) < 4.78 is 5.49. The zero-order chi connectivity index (χ0) is 12.7. The summed E-state index contributed by atoms with van der Waals surface area (Å²) in [5, 5.41) is 25.6. The first-order valence-corrected chi connectivity index (χ1v) is 5.93. The lowest BCUT2D eigenvalue weighted by molar-refractivity contribution is 0.163. The van der Waals surface area contributed by atoms with Crippen LogP contribution in [0.1, 0.15) is 38.0 Å². The lowest BCUT2D eigenvalue weighted by Gasteiger charge is -2.18. The summed E-state index contributed by atoms with van der Waals surface area (Å²) in [5.41, 5.74) is 0. The van der Waals surface area contributed by atoms with Crippen molar-refractivity contribution in [3.63, 3.8) is 0 Å². The van der Waals surface area contributed by atoms with E-state index in [2.05, 4.69) is 10.2 Å². The van der Waals surface area contributed by atoms with Crippen molar-refractivity contribution in [1.29, 1.82) is 0 Å². The van der Waals surface area contributed by atoms with Crippen molar-refractivity contribution in [2.24, 2.45) is 0 Å². The molecule has 2 N–H and O–H groups in total. The van der Waals surface area contributed by atoms with Gasteiger partial charge in [0.1, 0.15) is 0 Å². The highest BCUT2D eigenvalue weighted by molar-refractivity contribution is 4.87. The molecule has 1 aromatic heterocycles. The minimum atomic E-state index is 0.0800. The van der Waals surface area contributed by atoms with E-state index in [0.717, 1.165) is 0 Å². The Kier molecular flexibility index (Phi) is 6.10. The first kappa shape index (κ1) is 14.1. The van der Waals surface area contributed by atoms with E-state index < -0.39 is 0 Å². The molecular formula is C11H21N3O3. The van der Waals surface area contributed by atoms with Crippen LogP contribution in [0.3, 0.4) is 0 Å². The van der Waals surface area contributed by atoms with E-state index in [1.54, 1.807) is 0 Å². The maximum Gasteiger partial charge on any atom is 0.230 e. The van der Waals surface area contributed by atoms with Gasteiger partial charge in [0.05, 0.1) is 13.2 Å². The third-order valence-electron chi connectivity index (χ3n) is 2.38. The summed E-state index contributed by atoms with van der Waals surface area (Å²) in [6.45, 7) is 5.97. The molecule has 0 spiro atoms. The summed E-state index contributed by atoms with van der Waals surface area (Å²) >= 11 is 0. The van der Waals surface area contributed by atoms with Gasteiger partial charge in [-0.3, -0.25) is 4.90 Å². The maximum absolute atomic E-state index is 8.94. The van der Waals surface area contributed by atoms with Gasteiger partial charge >= 0.3 is 0 Å². The van der Waals surface area contributed by atoms with Gasteiger partial charge in [0, 0.05) is 25.6 Å². The molecule has 0 atom stereocenters. The van der Waals surface area contributed by atoms with E-state index in [9.17, 15) is 0 Å². The molecule has 0 amide bonds. The number of nitrogens with zero attached hydrogens (tertiary/aromatic N) is 3. The minimum absolute atomic E-state index is 0.0800. The summed E-state index contributed by atoms with van der Waals surface area (Å²) in [4.78, 5) is 1.98. The third kappa shape index (κ3) is 4.80. The Morgan fingerprint density at radius 1 is 1.18 bits per heavy atom. The number of aliphatic hydroxyl groups excluding tert-OH is 2. The standard InChI is InChI=1S/C11H21N3O3/c1-9(2)11-13-12-10(17-11)8-14(5-7-16)4-3-6-15/h9,15-16H,3-8H2,1-2H3. The van der Waals surface area contributed by atoms with Crippen LogP contribution in [-0.4, -0.2) is 51.6 Å². The highest BCUT2D eigenvalue weighted by atomic mass is 16.4. The highest BCUT2D eigenvalue weighted by Gasteiger charge is 2.13. The quantitative estimate of drug-likeness (QED) is 0.686. The van der Waals surface area contributed by atoms with Gasteiger partial charge < -0.3 is 14.6 Å². The summed E-state index contributed by atoms with van der Waals surface area (Å²) in [7, 11) is 0. The Morgan fingerprint density at radius 2 is 1.94 bits per heavy atom. The van der Waals surface area contributed by atoms with Crippen molar-refractivity contribution in [2.45, 2.75) is 32.7 Å². The molecule has 1 rings (SSSR count). The fraction of sp³-hybridized carbons (Fsp3) is 0.818. The smallest absolute Gasteiger partial charge is 0.230 e. The number of aromatic nitrogens is 2. The van der Waals surface area contributed by atoms with E-state index in [1.807, 2.05) is 18.7 Å². The van der Waals surface area contributed by atoms with Gasteiger partial charge in [-0.1, -0.05) is 13.8 Å². The normalized spacial score (nSPS) is 11.6.